The van der Waals surface area contributed by atoms with Gasteiger partial charge in [-0.25, -0.2) is 4.68 Å². The summed E-state index contributed by atoms with van der Waals surface area (Å²) in [6, 6.07) is 0. The first-order valence-electron chi connectivity index (χ1n) is 5.30. The Bertz CT molecular complexity index is 336. The van der Waals surface area contributed by atoms with E-state index in [9.17, 15) is 0 Å². The summed E-state index contributed by atoms with van der Waals surface area (Å²) in [6.45, 7) is 10.3. The summed E-state index contributed by atoms with van der Waals surface area (Å²) in [6.07, 6.45) is 4.31. The average Bonchev–Trinajstić information content (AvgIpc) is 2.43. The molecule has 78 valence electrons. The molecule has 0 atom stereocenters. The van der Waals surface area contributed by atoms with Crippen molar-refractivity contribution in [1.82, 2.24) is 15.0 Å². The zero-order valence-corrected chi connectivity index (χ0v) is 9.54. The van der Waals surface area contributed by atoms with Crippen molar-refractivity contribution < 1.29 is 0 Å². The number of hydrogen-bond acceptors (Lipinski definition) is 2. The Kier molecular flexibility index (Phi) is 1.95. The van der Waals surface area contributed by atoms with Crippen LogP contribution in [0.1, 0.15) is 46.2 Å². The van der Waals surface area contributed by atoms with Gasteiger partial charge in [0.15, 0.2) is 0 Å². The second-order valence-electron chi connectivity index (χ2n) is 5.82. The maximum Gasteiger partial charge on any atom is 0.0730 e. The van der Waals surface area contributed by atoms with Crippen molar-refractivity contribution >= 4 is 0 Å². The van der Waals surface area contributed by atoms with Crippen LogP contribution in [0.3, 0.4) is 0 Å². The van der Waals surface area contributed by atoms with Crippen LogP contribution in [0.15, 0.2) is 6.20 Å². The summed E-state index contributed by atoms with van der Waals surface area (Å²) in [5, 5.41) is 8.15. The zero-order valence-electron chi connectivity index (χ0n) is 9.54. The van der Waals surface area contributed by atoms with E-state index >= 15 is 0 Å². The zero-order chi connectivity index (χ0) is 10.4. The van der Waals surface area contributed by atoms with Crippen molar-refractivity contribution in [3.05, 3.63) is 11.9 Å². The number of rotatable bonds is 0. The van der Waals surface area contributed by atoms with Gasteiger partial charge in [0, 0.05) is 12.0 Å². The molecule has 0 aliphatic carbocycles. The monoisotopic (exact) mass is 193 g/mol. The van der Waals surface area contributed by atoms with Crippen LogP contribution in [0.25, 0.3) is 0 Å². The van der Waals surface area contributed by atoms with Gasteiger partial charge in [-0.2, -0.15) is 0 Å². The van der Waals surface area contributed by atoms with Crippen LogP contribution in [0.5, 0.6) is 0 Å². The molecule has 0 spiro atoms. The third-order valence-electron chi connectivity index (χ3n) is 3.23. The summed E-state index contributed by atoms with van der Waals surface area (Å²) in [5.41, 5.74) is 1.89. The molecule has 2 heterocycles. The summed E-state index contributed by atoms with van der Waals surface area (Å²) >= 11 is 0. The van der Waals surface area contributed by atoms with E-state index in [4.69, 9.17) is 0 Å². The van der Waals surface area contributed by atoms with Crippen molar-refractivity contribution in [3.63, 3.8) is 0 Å². The Balaban J connectivity index is 2.42. The van der Waals surface area contributed by atoms with Crippen molar-refractivity contribution in [1.29, 1.82) is 0 Å². The molecule has 3 heteroatoms. The minimum Gasteiger partial charge on any atom is -0.249 e. The molecule has 0 radical (unpaired) electrons. The van der Waals surface area contributed by atoms with Gasteiger partial charge in [0.2, 0.25) is 0 Å². The van der Waals surface area contributed by atoms with Crippen molar-refractivity contribution in [2.75, 3.05) is 0 Å². The highest BCUT2D eigenvalue weighted by Gasteiger charge is 2.35. The predicted octanol–water partition coefficient (Wildman–Crippen LogP) is 2.38. The molecule has 0 unspecified atom stereocenters. The van der Waals surface area contributed by atoms with Crippen LogP contribution in [-0.2, 0) is 12.0 Å². The minimum atomic E-state index is 0.198. The van der Waals surface area contributed by atoms with Crippen LogP contribution < -0.4 is 0 Å². The molecule has 1 aliphatic rings. The Morgan fingerprint density at radius 3 is 2.71 bits per heavy atom. The fraction of sp³-hybridized carbons (Fsp3) is 0.818. The highest BCUT2D eigenvalue weighted by atomic mass is 15.4. The number of fused-ring (bicyclic) bond motifs is 1. The second-order valence-corrected chi connectivity index (χ2v) is 5.82. The summed E-state index contributed by atoms with van der Waals surface area (Å²) in [4.78, 5) is 0. The van der Waals surface area contributed by atoms with Crippen LogP contribution in [0.2, 0.25) is 0 Å². The third-order valence-corrected chi connectivity index (χ3v) is 3.23. The van der Waals surface area contributed by atoms with E-state index in [0.717, 1.165) is 6.54 Å². The number of hydrogen-bond donors (Lipinski definition) is 0. The third kappa shape index (κ3) is 1.56. The van der Waals surface area contributed by atoms with Gasteiger partial charge in [0.1, 0.15) is 0 Å². The number of aromatic nitrogens is 3. The van der Waals surface area contributed by atoms with Crippen molar-refractivity contribution in [2.24, 2.45) is 5.41 Å². The second kappa shape index (κ2) is 2.81. The number of nitrogens with zero attached hydrogens (tertiary/aromatic N) is 3. The van der Waals surface area contributed by atoms with Gasteiger partial charge in [0.05, 0.1) is 11.9 Å². The number of aryl methyl sites for hydroxylation is 1. The summed E-state index contributed by atoms with van der Waals surface area (Å²) < 4.78 is 2.06. The van der Waals surface area contributed by atoms with Crippen molar-refractivity contribution in [2.45, 2.75) is 52.5 Å². The fourth-order valence-electron chi connectivity index (χ4n) is 2.73. The van der Waals surface area contributed by atoms with Gasteiger partial charge in [-0.05, 0) is 18.3 Å². The molecule has 0 bridgehead atoms. The standard InChI is InChI=1S/C11H19N3/c1-10(2)5-6-14-9(7-12-13-14)11(3,4)8-10/h7H,5-6,8H2,1-4H3. The SMILES string of the molecule is CC1(C)CCn2nncc2C(C)(C)C1. The molecule has 1 aromatic heterocycles. The molecule has 3 nitrogen and oxygen atoms in total. The van der Waals surface area contributed by atoms with Gasteiger partial charge in [-0.15, -0.1) is 5.10 Å². The highest BCUT2D eigenvalue weighted by Crippen LogP contribution is 2.41. The smallest absolute Gasteiger partial charge is 0.0730 e. The average molecular weight is 193 g/mol. The van der Waals surface area contributed by atoms with Crippen LogP contribution in [-0.4, -0.2) is 15.0 Å². The first kappa shape index (κ1) is 9.69. The Labute approximate surface area is 85.5 Å². The Morgan fingerprint density at radius 2 is 2.00 bits per heavy atom. The highest BCUT2D eigenvalue weighted by molar-refractivity contribution is 5.12. The predicted molar refractivity (Wildman–Crippen MR) is 56.1 cm³/mol. The first-order valence-corrected chi connectivity index (χ1v) is 5.30. The van der Waals surface area contributed by atoms with Gasteiger partial charge in [0.25, 0.3) is 0 Å². The maximum atomic E-state index is 4.14. The lowest BCUT2D eigenvalue weighted by Gasteiger charge is -2.31. The fourth-order valence-corrected chi connectivity index (χ4v) is 2.73. The molecule has 1 aliphatic heterocycles. The normalized spacial score (nSPS) is 24.0. The minimum absolute atomic E-state index is 0.198. The van der Waals surface area contributed by atoms with E-state index < -0.39 is 0 Å². The lowest BCUT2D eigenvalue weighted by Crippen LogP contribution is -2.25. The van der Waals surface area contributed by atoms with E-state index in [0.29, 0.717) is 5.41 Å². The van der Waals surface area contributed by atoms with Gasteiger partial charge >= 0.3 is 0 Å². The Morgan fingerprint density at radius 1 is 1.29 bits per heavy atom. The maximum absolute atomic E-state index is 4.14. The lowest BCUT2D eigenvalue weighted by atomic mass is 9.73. The first-order chi connectivity index (χ1) is 6.41. The van der Waals surface area contributed by atoms with E-state index in [1.54, 1.807) is 0 Å². The Hall–Kier alpha value is -0.860. The summed E-state index contributed by atoms with van der Waals surface area (Å²) in [7, 11) is 0. The molecular weight excluding hydrogens is 174 g/mol. The van der Waals surface area contributed by atoms with E-state index in [2.05, 4.69) is 42.7 Å². The van der Waals surface area contributed by atoms with Crippen molar-refractivity contribution in [3.8, 4) is 0 Å². The van der Waals surface area contributed by atoms with E-state index in [1.807, 2.05) is 6.20 Å². The van der Waals surface area contributed by atoms with E-state index in [1.165, 1.54) is 18.5 Å². The van der Waals surface area contributed by atoms with Gasteiger partial charge in [-0.3, -0.25) is 0 Å². The molecule has 0 aromatic carbocycles. The lowest BCUT2D eigenvalue weighted by molar-refractivity contribution is 0.249. The molecule has 0 saturated carbocycles. The molecule has 0 fully saturated rings. The molecule has 14 heavy (non-hydrogen) atoms. The van der Waals surface area contributed by atoms with Crippen LogP contribution in [0.4, 0.5) is 0 Å². The van der Waals surface area contributed by atoms with Gasteiger partial charge < -0.3 is 0 Å². The molecule has 0 saturated heterocycles. The molecule has 1 aromatic rings. The molecule has 0 N–H and O–H groups in total. The van der Waals surface area contributed by atoms with E-state index in [-0.39, 0.29) is 5.41 Å². The largest absolute Gasteiger partial charge is 0.249 e. The molecule has 2 rings (SSSR count). The molecular formula is C11H19N3. The van der Waals surface area contributed by atoms with Crippen LogP contribution in [0, 0.1) is 5.41 Å². The van der Waals surface area contributed by atoms with Crippen LogP contribution >= 0.6 is 0 Å². The quantitative estimate of drug-likeness (QED) is 0.633. The van der Waals surface area contributed by atoms with Gasteiger partial charge in [-0.1, -0.05) is 32.9 Å². The topological polar surface area (TPSA) is 30.7 Å². The molecule has 0 amide bonds. The summed E-state index contributed by atoms with van der Waals surface area (Å²) in [5.74, 6) is 0.